The highest BCUT2D eigenvalue weighted by molar-refractivity contribution is 6.10. The first-order valence-corrected chi connectivity index (χ1v) is 19.2. The standard InChI is InChI=1S/C54H38N2/c1-5-17-39(18-6-1)43-31-35-49(41-21-9-3-10-22-41)53(37-43)55(45-32-29-42(30-33-45)48-26-14-13-25-47(48)40-19-7-2-8-20-40)46-34-36-51-50-27-15-16-28-52(50)56(54(51)38-46)44-23-11-4-12-24-44/h1-38H. The molecule has 1 heterocycles. The van der Waals surface area contributed by atoms with Crippen molar-refractivity contribution in [1.82, 2.24) is 4.57 Å². The molecule has 0 unspecified atom stereocenters. The van der Waals surface area contributed by atoms with E-state index in [1.165, 1.54) is 49.7 Å². The summed E-state index contributed by atoms with van der Waals surface area (Å²) in [4.78, 5) is 2.44. The number of nitrogens with zero attached hydrogens (tertiary/aromatic N) is 2. The Labute approximate surface area is 327 Å². The molecule has 0 N–H and O–H groups in total. The lowest BCUT2D eigenvalue weighted by Gasteiger charge is -2.29. The average Bonchev–Trinajstić information content (AvgIpc) is 3.61. The van der Waals surface area contributed by atoms with Crippen molar-refractivity contribution in [3.8, 4) is 50.2 Å². The third-order valence-electron chi connectivity index (χ3n) is 10.8. The van der Waals surface area contributed by atoms with Crippen LogP contribution in [0.4, 0.5) is 17.1 Å². The number of anilines is 3. The van der Waals surface area contributed by atoms with Gasteiger partial charge in [-0.2, -0.15) is 0 Å². The molecule has 0 bridgehead atoms. The Morgan fingerprint density at radius 1 is 0.286 bits per heavy atom. The van der Waals surface area contributed by atoms with Gasteiger partial charge in [0.15, 0.2) is 0 Å². The van der Waals surface area contributed by atoms with Crippen molar-refractivity contribution in [2.75, 3.05) is 4.90 Å². The average molecular weight is 715 g/mol. The third-order valence-corrected chi connectivity index (χ3v) is 10.8. The lowest BCUT2D eigenvalue weighted by Crippen LogP contribution is -2.12. The Hall–Kier alpha value is -7.42. The summed E-state index contributed by atoms with van der Waals surface area (Å²) in [6.07, 6.45) is 0. The van der Waals surface area contributed by atoms with Crippen molar-refractivity contribution < 1.29 is 0 Å². The van der Waals surface area contributed by atoms with Gasteiger partial charge >= 0.3 is 0 Å². The molecule has 2 heteroatoms. The Kier molecular flexibility index (Phi) is 8.55. The maximum atomic E-state index is 2.44. The lowest BCUT2D eigenvalue weighted by molar-refractivity contribution is 1.18. The van der Waals surface area contributed by atoms with Crippen molar-refractivity contribution in [1.29, 1.82) is 0 Å². The van der Waals surface area contributed by atoms with Gasteiger partial charge in [-0.25, -0.2) is 0 Å². The van der Waals surface area contributed by atoms with Crippen molar-refractivity contribution in [3.63, 3.8) is 0 Å². The number of hydrogen-bond donors (Lipinski definition) is 0. The maximum absolute atomic E-state index is 2.44. The van der Waals surface area contributed by atoms with E-state index in [0.29, 0.717) is 0 Å². The summed E-state index contributed by atoms with van der Waals surface area (Å²) >= 11 is 0. The van der Waals surface area contributed by atoms with E-state index in [4.69, 9.17) is 0 Å². The Morgan fingerprint density at radius 2 is 0.768 bits per heavy atom. The molecule has 0 radical (unpaired) electrons. The molecule has 0 aliphatic heterocycles. The van der Waals surface area contributed by atoms with Gasteiger partial charge in [0.2, 0.25) is 0 Å². The summed E-state index contributed by atoms with van der Waals surface area (Å²) in [5.41, 5.74) is 16.2. The first-order valence-electron chi connectivity index (χ1n) is 19.2. The summed E-state index contributed by atoms with van der Waals surface area (Å²) in [5, 5.41) is 2.46. The highest BCUT2D eigenvalue weighted by Crippen LogP contribution is 2.45. The van der Waals surface area contributed by atoms with Crippen LogP contribution in [0, 0.1) is 0 Å². The molecule has 0 aliphatic carbocycles. The fourth-order valence-corrected chi connectivity index (χ4v) is 8.16. The molecule has 1 aromatic heterocycles. The van der Waals surface area contributed by atoms with Crippen LogP contribution < -0.4 is 4.90 Å². The highest BCUT2D eigenvalue weighted by atomic mass is 15.1. The van der Waals surface area contributed by atoms with Crippen LogP contribution in [-0.2, 0) is 0 Å². The van der Waals surface area contributed by atoms with Crippen molar-refractivity contribution in [2.45, 2.75) is 0 Å². The maximum Gasteiger partial charge on any atom is 0.0561 e. The zero-order valence-electron chi connectivity index (χ0n) is 30.8. The van der Waals surface area contributed by atoms with Gasteiger partial charge in [-0.1, -0.05) is 182 Å². The topological polar surface area (TPSA) is 8.17 Å². The molecular weight excluding hydrogens is 677 g/mol. The van der Waals surface area contributed by atoms with Crippen LogP contribution in [0.2, 0.25) is 0 Å². The van der Waals surface area contributed by atoms with Crippen LogP contribution in [-0.4, -0.2) is 4.57 Å². The Morgan fingerprint density at radius 3 is 1.43 bits per heavy atom. The predicted molar refractivity (Wildman–Crippen MR) is 237 cm³/mol. The van der Waals surface area contributed by atoms with E-state index >= 15 is 0 Å². The van der Waals surface area contributed by atoms with E-state index in [9.17, 15) is 0 Å². The SMILES string of the molecule is c1ccc(-c2ccc(-c3ccccc3)c(N(c3ccc(-c4ccccc4-c4ccccc4)cc3)c3ccc4c5ccccc5n(-c5ccccc5)c4c3)c2)cc1. The quantitative estimate of drug-likeness (QED) is 0.152. The minimum absolute atomic E-state index is 1.08. The van der Waals surface area contributed by atoms with Crippen LogP contribution in [0.25, 0.3) is 72.0 Å². The summed E-state index contributed by atoms with van der Waals surface area (Å²) in [6.45, 7) is 0. The molecule has 0 saturated heterocycles. The van der Waals surface area contributed by atoms with Gasteiger partial charge in [0.1, 0.15) is 0 Å². The lowest BCUT2D eigenvalue weighted by atomic mass is 9.94. The molecule has 10 aromatic rings. The third kappa shape index (κ3) is 6.04. The minimum Gasteiger partial charge on any atom is -0.310 e. The van der Waals surface area contributed by atoms with E-state index in [1.807, 2.05) is 0 Å². The summed E-state index contributed by atoms with van der Waals surface area (Å²) in [5.74, 6) is 0. The van der Waals surface area contributed by atoms with Crippen molar-refractivity contribution in [3.05, 3.63) is 231 Å². The highest BCUT2D eigenvalue weighted by Gasteiger charge is 2.21. The normalized spacial score (nSPS) is 11.2. The molecule has 56 heavy (non-hydrogen) atoms. The first-order chi connectivity index (χ1) is 27.8. The second-order valence-electron chi connectivity index (χ2n) is 14.1. The van der Waals surface area contributed by atoms with E-state index < -0.39 is 0 Å². The predicted octanol–water partition coefficient (Wildman–Crippen LogP) is 14.9. The summed E-state index contributed by atoms with van der Waals surface area (Å²) in [7, 11) is 0. The summed E-state index contributed by atoms with van der Waals surface area (Å²) in [6, 6.07) is 83.1. The Balaban J connectivity index is 1.21. The van der Waals surface area contributed by atoms with E-state index in [2.05, 4.69) is 240 Å². The second-order valence-corrected chi connectivity index (χ2v) is 14.1. The van der Waals surface area contributed by atoms with Gasteiger partial charge in [-0.3, -0.25) is 0 Å². The number of para-hydroxylation sites is 2. The largest absolute Gasteiger partial charge is 0.310 e. The van der Waals surface area contributed by atoms with Gasteiger partial charge < -0.3 is 9.47 Å². The van der Waals surface area contributed by atoms with Crippen LogP contribution >= 0.6 is 0 Å². The monoisotopic (exact) mass is 714 g/mol. The molecule has 0 atom stereocenters. The number of fused-ring (bicyclic) bond motifs is 3. The van der Waals surface area contributed by atoms with Gasteiger partial charge in [0, 0.05) is 33.4 Å². The molecule has 0 aliphatic rings. The molecule has 0 spiro atoms. The van der Waals surface area contributed by atoms with Crippen LogP contribution in [0.1, 0.15) is 0 Å². The van der Waals surface area contributed by atoms with Gasteiger partial charge in [-0.15, -0.1) is 0 Å². The molecule has 2 nitrogen and oxygen atoms in total. The molecule has 0 amide bonds. The van der Waals surface area contributed by atoms with Gasteiger partial charge in [0.25, 0.3) is 0 Å². The Bertz CT molecular complexity index is 2930. The molecule has 0 fully saturated rings. The van der Waals surface area contributed by atoms with Crippen molar-refractivity contribution in [2.24, 2.45) is 0 Å². The fourth-order valence-electron chi connectivity index (χ4n) is 8.16. The van der Waals surface area contributed by atoms with Crippen LogP contribution in [0.15, 0.2) is 231 Å². The number of hydrogen-bond acceptors (Lipinski definition) is 1. The zero-order chi connectivity index (χ0) is 37.3. The second kappa shape index (κ2) is 14.4. The van der Waals surface area contributed by atoms with Crippen LogP contribution in [0.5, 0.6) is 0 Å². The molecule has 10 rings (SSSR count). The number of benzene rings is 9. The molecular formula is C54H38N2. The van der Waals surface area contributed by atoms with Gasteiger partial charge in [0.05, 0.1) is 16.7 Å². The first kappa shape index (κ1) is 33.2. The van der Waals surface area contributed by atoms with Gasteiger partial charge in [-0.05, 0) is 87.5 Å². The van der Waals surface area contributed by atoms with Crippen molar-refractivity contribution >= 4 is 38.9 Å². The van der Waals surface area contributed by atoms with E-state index in [1.54, 1.807) is 0 Å². The zero-order valence-corrected chi connectivity index (χ0v) is 30.8. The molecule has 0 saturated carbocycles. The van der Waals surface area contributed by atoms with Crippen LogP contribution in [0.3, 0.4) is 0 Å². The minimum atomic E-state index is 1.08. The fraction of sp³-hybridized carbons (Fsp3) is 0. The number of aromatic nitrogens is 1. The summed E-state index contributed by atoms with van der Waals surface area (Å²) < 4.78 is 2.40. The van der Waals surface area contributed by atoms with E-state index in [0.717, 1.165) is 39.4 Å². The smallest absolute Gasteiger partial charge is 0.0561 e. The molecule has 9 aromatic carbocycles. The number of rotatable bonds is 8. The van der Waals surface area contributed by atoms with E-state index in [-0.39, 0.29) is 0 Å². The molecule has 264 valence electrons.